The van der Waals surface area contributed by atoms with E-state index >= 15 is 9.59 Å². The number of nitrogens with two attached hydrogens (primary N) is 2. The molecule has 100 heavy (non-hydrogen) atoms. The minimum atomic E-state index is -2.03. The summed E-state index contributed by atoms with van der Waals surface area (Å²) in [7, 11) is 1.51. The van der Waals surface area contributed by atoms with Crippen LogP contribution in [0.3, 0.4) is 0 Å². The van der Waals surface area contributed by atoms with Gasteiger partial charge in [0, 0.05) is 36.3 Å². The van der Waals surface area contributed by atoms with Crippen LogP contribution < -0.4 is 62.9 Å². The van der Waals surface area contributed by atoms with E-state index in [1.807, 2.05) is 13.8 Å². The molecule has 1 aromatic rings. The summed E-state index contributed by atoms with van der Waals surface area (Å²) in [5.74, 6) is -11.4. The van der Waals surface area contributed by atoms with Crippen LogP contribution in [0.4, 0.5) is 0 Å². The zero-order valence-electron chi connectivity index (χ0n) is 55.1. The van der Waals surface area contributed by atoms with Gasteiger partial charge in [-0.3, -0.25) is 34.2 Å². The molecule has 1 aromatic carbocycles. The highest BCUT2D eigenvalue weighted by molar-refractivity contribution is 6.31. The van der Waals surface area contributed by atoms with E-state index in [4.69, 9.17) is 63.1 Å². The highest BCUT2D eigenvalue weighted by Crippen LogP contribution is 2.48. The number of nitrogens with one attached hydrogen (secondary N) is 8. The summed E-state index contributed by atoms with van der Waals surface area (Å²) in [6.07, 6.45) is -12.7. The molecule has 0 saturated carbocycles. The number of amides is 6. The van der Waals surface area contributed by atoms with Gasteiger partial charge in [0.15, 0.2) is 23.9 Å². The van der Waals surface area contributed by atoms with Gasteiger partial charge in [-0.15, -0.1) is 11.6 Å². The van der Waals surface area contributed by atoms with Gasteiger partial charge < -0.3 is 128 Å². The van der Waals surface area contributed by atoms with Gasteiger partial charge in [0.25, 0.3) is 0 Å². The van der Waals surface area contributed by atoms with Gasteiger partial charge in [0.05, 0.1) is 66.2 Å². The van der Waals surface area contributed by atoms with Gasteiger partial charge >= 0.3 is 0 Å². The number of carbonyl (C=O) groups is 6. The van der Waals surface area contributed by atoms with Crippen LogP contribution in [0, 0.1) is 17.2 Å². The van der Waals surface area contributed by atoms with E-state index in [-0.39, 0.29) is 107 Å². The normalized spacial score (nSPS) is 35.5. The van der Waals surface area contributed by atoms with E-state index in [9.17, 15) is 75.7 Å². The lowest BCUT2D eigenvalue weighted by molar-refractivity contribution is -0.333. The first-order valence-corrected chi connectivity index (χ1v) is 33.6. The van der Waals surface area contributed by atoms with Crippen molar-refractivity contribution >= 4 is 64.5 Å². The van der Waals surface area contributed by atoms with Crippen molar-refractivity contribution in [2.45, 2.75) is 200 Å². The Morgan fingerprint density at radius 1 is 0.820 bits per heavy atom. The van der Waals surface area contributed by atoms with Gasteiger partial charge in [-0.25, -0.2) is 0 Å². The topological polar surface area (TPSA) is 520 Å². The number of hydrogen-bond acceptors (Lipinski definition) is 25. The van der Waals surface area contributed by atoms with E-state index in [2.05, 4.69) is 37.2 Å². The molecule has 21 atom stereocenters. The minimum absolute atomic E-state index is 0.0112. The second-order valence-electron chi connectivity index (χ2n) is 27.0. The SMILES string of the molecule is CN[C@H](CC(C)C)C(=O)N[C@H]1C(=O)N[C@@H](CC(N)=O)C(=O)N[C@H]2C(=N)N[C@H]3C(=O)N[C@H](C(=O)N[C@H](CO)C4=CC(O)CC(O)=C4C4CC3=CC=C4O)[C@H](O)C3=CC=C(Oc4cc2cc(c4O[C@H]2OC(CO)C(O)[C@H](O)C2O[C@H]2CC(C)(N)[C@H](O)C(C)O2)OC2=C(Cl)C=C(CC2)[C@H]1O)C(Cl)C3. The standard InChI is InChI=1S/C66H86Cl2N10O22/c1-24(2)12-35(72-5)60(90)77-50-52(85)27-7-10-40(33(67)14-27)96-42-16-29-17-43(56(42)100-65-57(55(88)54(87)44(23-80)98-65)99-46-21-66(4,71)58(89)25(3)95-46)97-41-11-8-28(15-34(41)68)53(86)51-64(94)74-37(22-79)31-18-30(81)19-39(83)47(31)32-13-26(6-9-38(32)82)49(62(92)78-51)75-59(70)48(29)76-61(91)36(20-45(69)84)73-63(50)93/h6,8-9,11,14,16-18,24-25,30,32,34-37,44,46,48-55,57-58,65,72,79-83,85-89H,7,10,12-13,15,19-23,71H2,1-5H3,(H2,69,84)(H2,70,75)(H,73,93)(H,74,94)(H,76,91)(H,77,90)(H,78,92)/t25?,30?,32?,34?,35-,36+,37-,44?,46+,48-,49-,50-,51+,52-,53-,54?,55+,57?,58-,65-,66?/m1/s1. The summed E-state index contributed by atoms with van der Waals surface area (Å²) < 4.78 is 38.9. The fourth-order valence-corrected chi connectivity index (χ4v) is 14.2. The Balaban J connectivity index is 1.21. The number of amidine groups is 1. The van der Waals surface area contributed by atoms with Crippen LogP contribution in [0.25, 0.3) is 0 Å². The molecule has 7 heterocycles. The number of carbonyl (C=O) groups excluding carboxylic acids is 6. The Kier molecular flexibility index (Phi) is 23.3. The quantitative estimate of drug-likeness (QED) is 0.0954. The predicted molar refractivity (Wildman–Crippen MR) is 353 cm³/mol. The third kappa shape index (κ3) is 16.0. The molecule has 0 aromatic heterocycles. The number of halogens is 2. The number of fused-ring (bicyclic) bond motifs is 15. The van der Waals surface area contributed by atoms with Crippen LogP contribution in [0.2, 0.25) is 0 Å². The molecule has 8 unspecified atom stereocenters. The summed E-state index contributed by atoms with van der Waals surface area (Å²) >= 11 is 14.4. The molecule has 0 spiro atoms. The fraction of sp³-hybridized carbons (Fsp3) is 0.561. The van der Waals surface area contributed by atoms with Gasteiger partial charge in [-0.05, 0) is 117 Å². The molecular formula is C66H86Cl2N10O22. The number of hydrogen-bond donors (Lipinski definition) is 20. The molecule has 12 rings (SSSR count). The Labute approximate surface area is 583 Å². The van der Waals surface area contributed by atoms with Crippen LogP contribution in [0.15, 0.2) is 105 Å². The van der Waals surface area contributed by atoms with Gasteiger partial charge in [-0.1, -0.05) is 37.6 Å². The second kappa shape index (κ2) is 31.0. The minimum Gasteiger partial charge on any atom is -0.512 e. The molecule has 3 fully saturated rings. The van der Waals surface area contributed by atoms with E-state index in [0.29, 0.717) is 0 Å². The number of aliphatic hydroxyl groups excluding tert-OH is 10. The molecule has 3 saturated heterocycles. The average Bonchev–Trinajstić information content (AvgIpc) is 0.771. The first-order valence-electron chi connectivity index (χ1n) is 32.7. The highest BCUT2D eigenvalue weighted by atomic mass is 35.5. The van der Waals surface area contributed by atoms with Gasteiger partial charge in [0.2, 0.25) is 47.5 Å². The van der Waals surface area contributed by atoms with Crippen molar-refractivity contribution in [3.8, 4) is 17.2 Å². The van der Waals surface area contributed by atoms with Crippen LogP contribution >= 0.6 is 23.2 Å². The molecule has 32 nitrogen and oxygen atoms in total. The summed E-state index contributed by atoms with van der Waals surface area (Å²) in [5.41, 5.74) is 10.7. The van der Waals surface area contributed by atoms with E-state index in [1.165, 1.54) is 69.5 Å². The first kappa shape index (κ1) is 75.2. The van der Waals surface area contributed by atoms with Crippen LogP contribution in [-0.2, 0) is 43.0 Å². The molecule has 11 aliphatic rings. The van der Waals surface area contributed by atoms with Gasteiger partial charge in [0.1, 0.15) is 83.8 Å². The van der Waals surface area contributed by atoms with Gasteiger partial charge in [-0.2, -0.15) is 0 Å². The zero-order chi connectivity index (χ0) is 72.7. The molecule has 11 bridgehead atoms. The number of ether oxygens (including phenoxy) is 6. The van der Waals surface area contributed by atoms with Crippen molar-refractivity contribution in [3.05, 3.63) is 110 Å². The number of allylic oxidation sites excluding steroid dienone is 9. The van der Waals surface area contributed by atoms with Crippen molar-refractivity contribution in [1.82, 2.24) is 37.2 Å². The molecule has 6 amide bonds. The van der Waals surface area contributed by atoms with Crippen LogP contribution in [-0.4, -0.2) is 227 Å². The molecule has 0 radical (unpaired) electrons. The lowest BCUT2D eigenvalue weighted by atomic mass is 9.75. The second-order valence-corrected chi connectivity index (χ2v) is 27.9. The Morgan fingerprint density at radius 2 is 1.52 bits per heavy atom. The Morgan fingerprint density at radius 3 is 2.17 bits per heavy atom. The molecule has 546 valence electrons. The van der Waals surface area contributed by atoms with Crippen molar-refractivity contribution < 1.29 is 108 Å². The highest BCUT2D eigenvalue weighted by Gasteiger charge is 2.52. The largest absolute Gasteiger partial charge is 0.512 e. The third-order valence-electron chi connectivity index (χ3n) is 19.1. The van der Waals surface area contributed by atoms with Crippen LogP contribution in [0.5, 0.6) is 17.2 Å². The summed E-state index contributed by atoms with van der Waals surface area (Å²) in [4.78, 5) is 88.0. The maximum Gasteiger partial charge on any atom is 0.247 e. The molecule has 22 N–H and O–H groups in total. The molecule has 34 heteroatoms. The number of rotatable bonds is 13. The lowest BCUT2D eigenvalue weighted by Gasteiger charge is -2.47. The number of likely N-dealkylation sites (N-methyl/N-ethyl adjacent to an activating group) is 1. The van der Waals surface area contributed by atoms with Crippen molar-refractivity contribution in [3.63, 3.8) is 0 Å². The maximum absolute atomic E-state index is 15.5. The van der Waals surface area contributed by atoms with E-state index < -0.39 is 211 Å². The van der Waals surface area contributed by atoms with Crippen molar-refractivity contribution in [2.24, 2.45) is 23.3 Å². The van der Waals surface area contributed by atoms with E-state index in [1.54, 1.807) is 0 Å². The number of aliphatic hydroxyl groups is 10. The smallest absolute Gasteiger partial charge is 0.247 e. The van der Waals surface area contributed by atoms with Crippen molar-refractivity contribution in [2.75, 3.05) is 20.3 Å². The van der Waals surface area contributed by atoms with Crippen LogP contribution in [0.1, 0.15) is 90.7 Å². The third-order valence-corrected chi connectivity index (χ3v) is 19.7. The summed E-state index contributed by atoms with van der Waals surface area (Å²) in [5, 5.41) is 142. The lowest BCUT2D eigenvalue weighted by Crippen LogP contribution is -2.64. The molecular weight excluding hydrogens is 1360 g/mol. The Hall–Kier alpha value is -7.51. The monoisotopic (exact) mass is 1440 g/mol. The fourth-order valence-electron chi connectivity index (χ4n) is 13.7. The predicted octanol–water partition coefficient (Wildman–Crippen LogP) is -1.96. The number of primary amides is 1. The van der Waals surface area contributed by atoms with E-state index in [0.717, 1.165) is 0 Å². The first-order chi connectivity index (χ1) is 47.3. The molecule has 7 aliphatic heterocycles. The Bertz CT molecular complexity index is 3670. The summed E-state index contributed by atoms with van der Waals surface area (Å²) in [6.45, 7) is 4.97. The van der Waals surface area contributed by atoms with Crippen molar-refractivity contribution in [1.29, 1.82) is 5.41 Å². The average molecular weight is 1440 g/mol. The number of benzene rings is 1. The number of alkyl halides is 1. The maximum atomic E-state index is 15.5. The molecule has 4 aliphatic carbocycles. The zero-order valence-corrected chi connectivity index (χ0v) is 56.6. The summed E-state index contributed by atoms with van der Waals surface area (Å²) in [6, 6.07) is -9.86.